The second-order valence-electron chi connectivity index (χ2n) is 7.25. The number of thiophene rings is 1. The largest absolute Gasteiger partial charge is 0.325 e. The Labute approximate surface area is 200 Å². The van der Waals surface area contributed by atoms with E-state index in [9.17, 15) is 4.79 Å². The standard InChI is InChI=1S/C24H23ClN4OS2/c1-4-29-23(18-13-31-16(3)22(18)17-9-6-5-7-10-17)27-28-24(29)32-14-21(30)26-20-12-8-11-19(25)15(20)2/h5-13H,4,14H2,1-3H3,(H,26,30). The SMILES string of the molecule is CCn1c(SCC(=O)Nc2cccc(Cl)c2C)nnc1-c1csc(C)c1-c1ccccc1. The quantitative estimate of drug-likeness (QED) is 0.298. The summed E-state index contributed by atoms with van der Waals surface area (Å²) < 4.78 is 2.07. The first-order valence-corrected chi connectivity index (χ1v) is 12.5. The van der Waals surface area contributed by atoms with Crippen LogP contribution in [0, 0.1) is 13.8 Å². The molecule has 0 atom stereocenters. The average molecular weight is 483 g/mol. The lowest BCUT2D eigenvalue weighted by Crippen LogP contribution is -2.15. The molecule has 2 aromatic carbocycles. The molecule has 0 bridgehead atoms. The maximum atomic E-state index is 12.5. The Morgan fingerprint density at radius 2 is 1.91 bits per heavy atom. The average Bonchev–Trinajstić information content (AvgIpc) is 3.38. The number of hydrogen-bond acceptors (Lipinski definition) is 5. The molecule has 1 N–H and O–H groups in total. The Morgan fingerprint density at radius 1 is 1.12 bits per heavy atom. The minimum atomic E-state index is -0.107. The number of anilines is 1. The molecule has 2 aromatic heterocycles. The van der Waals surface area contributed by atoms with Crippen molar-refractivity contribution in [2.75, 3.05) is 11.1 Å². The summed E-state index contributed by atoms with van der Waals surface area (Å²) >= 11 is 9.24. The van der Waals surface area contributed by atoms with Gasteiger partial charge in [-0.05, 0) is 44.0 Å². The van der Waals surface area contributed by atoms with E-state index in [4.69, 9.17) is 11.6 Å². The predicted octanol–water partition coefficient (Wildman–Crippen LogP) is 6.69. The van der Waals surface area contributed by atoms with Crippen molar-refractivity contribution in [3.63, 3.8) is 0 Å². The van der Waals surface area contributed by atoms with Gasteiger partial charge in [0.1, 0.15) is 0 Å². The molecule has 0 aliphatic carbocycles. The highest BCUT2D eigenvalue weighted by Gasteiger charge is 2.20. The zero-order valence-corrected chi connectivity index (χ0v) is 20.4. The van der Waals surface area contributed by atoms with Crippen LogP contribution in [0.5, 0.6) is 0 Å². The van der Waals surface area contributed by atoms with Crippen LogP contribution >= 0.6 is 34.7 Å². The number of aromatic nitrogens is 3. The van der Waals surface area contributed by atoms with E-state index >= 15 is 0 Å². The second-order valence-corrected chi connectivity index (χ2v) is 9.68. The van der Waals surface area contributed by atoms with Gasteiger partial charge in [0, 0.05) is 38.6 Å². The van der Waals surface area contributed by atoms with E-state index in [1.807, 2.05) is 43.3 Å². The van der Waals surface area contributed by atoms with Gasteiger partial charge in [-0.2, -0.15) is 0 Å². The summed E-state index contributed by atoms with van der Waals surface area (Å²) in [5.74, 6) is 0.950. The Morgan fingerprint density at radius 3 is 2.66 bits per heavy atom. The van der Waals surface area contributed by atoms with Crippen LogP contribution in [0.1, 0.15) is 17.4 Å². The van der Waals surface area contributed by atoms with Crippen molar-refractivity contribution in [1.29, 1.82) is 0 Å². The highest BCUT2D eigenvalue weighted by molar-refractivity contribution is 7.99. The van der Waals surface area contributed by atoms with Crippen molar-refractivity contribution >= 4 is 46.3 Å². The van der Waals surface area contributed by atoms with Gasteiger partial charge in [0.15, 0.2) is 11.0 Å². The van der Waals surface area contributed by atoms with E-state index < -0.39 is 0 Å². The molecule has 4 aromatic rings. The number of amides is 1. The third kappa shape index (κ3) is 4.60. The van der Waals surface area contributed by atoms with Crippen LogP contribution in [0.15, 0.2) is 59.1 Å². The first kappa shape index (κ1) is 22.6. The summed E-state index contributed by atoms with van der Waals surface area (Å²) in [6, 6.07) is 15.8. The molecular weight excluding hydrogens is 460 g/mol. The fourth-order valence-electron chi connectivity index (χ4n) is 3.52. The summed E-state index contributed by atoms with van der Waals surface area (Å²) in [4.78, 5) is 13.8. The molecule has 0 saturated heterocycles. The van der Waals surface area contributed by atoms with Gasteiger partial charge < -0.3 is 9.88 Å². The van der Waals surface area contributed by atoms with Crippen molar-refractivity contribution in [1.82, 2.24) is 14.8 Å². The van der Waals surface area contributed by atoms with E-state index in [2.05, 4.69) is 51.4 Å². The number of carbonyl (C=O) groups is 1. The number of carbonyl (C=O) groups excluding carboxylic acids is 1. The Kier molecular flexibility index (Phi) is 6.98. The first-order chi connectivity index (χ1) is 15.5. The Balaban J connectivity index is 1.55. The van der Waals surface area contributed by atoms with Crippen molar-refractivity contribution in [2.45, 2.75) is 32.5 Å². The molecule has 0 radical (unpaired) electrons. The van der Waals surface area contributed by atoms with Gasteiger partial charge in [0.05, 0.1) is 5.75 Å². The minimum Gasteiger partial charge on any atom is -0.325 e. The van der Waals surface area contributed by atoms with Gasteiger partial charge >= 0.3 is 0 Å². The Hall–Kier alpha value is -2.61. The zero-order valence-electron chi connectivity index (χ0n) is 18.1. The van der Waals surface area contributed by atoms with Gasteiger partial charge in [-0.15, -0.1) is 21.5 Å². The van der Waals surface area contributed by atoms with Crippen LogP contribution in [0.4, 0.5) is 5.69 Å². The van der Waals surface area contributed by atoms with E-state index in [1.54, 1.807) is 11.3 Å². The number of halogens is 1. The van der Waals surface area contributed by atoms with Crippen LogP contribution in [0.25, 0.3) is 22.5 Å². The zero-order chi connectivity index (χ0) is 22.7. The lowest BCUT2D eigenvalue weighted by atomic mass is 10.0. The van der Waals surface area contributed by atoms with E-state index in [0.29, 0.717) is 11.6 Å². The maximum absolute atomic E-state index is 12.5. The van der Waals surface area contributed by atoms with Crippen LogP contribution in [-0.4, -0.2) is 26.4 Å². The lowest BCUT2D eigenvalue weighted by molar-refractivity contribution is -0.113. The molecule has 8 heteroatoms. The fourth-order valence-corrected chi connectivity index (χ4v) is 5.36. The van der Waals surface area contributed by atoms with Gasteiger partial charge in [0.25, 0.3) is 0 Å². The third-order valence-corrected chi connectivity index (χ3v) is 7.47. The molecule has 0 fully saturated rings. The maximum Gasteiger partial charge on any atom is 0.234 e. The molecule has 2 heterocycles. The van der Waals surface area contributed by atoms with Crippen molar-refractivity contribution in [3.8, 4) is 22.5 Å². The van der Waals surface area contributed by atoms with Crippen LogP contribution in [-0.2, 0) is 11.3 Å². The van der Waals surface area contributed by atoms with Crippen molar-refractivity contribution < 1.29 is 4.79 Å². The van der Waals surface area contributed by atoms with Crippen molar-refractivity contribution in [2.24, 2.45) is 0 Å². The number of hydrogen-bond donors (Lipinski definition) is 1. The van der Waals surface area contributed by atoms with Gasteiger partial charge in [-0.1, -0.05) is 59.8 Å². The summed E-state index contributed by atoms with van der Waals surface area (Å²) in [6.45, 7) is 6.79. The van der Waals surface area contributed by atoms with E-state index in [0.717, 1.165) is 33.4 Å². The first-order valence-electron chi connectivity index (χ1n) is 10.2. The van der Waals surface area contributed by atoms with Crippen molar-refractivity contribution in [3.05, 3.63) is 69.4 Å². The third-order valence-electron chi connectivity index (χ3n) is 5.19. The topological polar surface area (TPSA) is 59.8 Å². The monoisotopic (exact) mass is 482 g/mol. The number of nitrogens with one attached hydrogen (secondary N) is 1. The highest BCUT2D eigenvalue weighted by Crippen LogP contribution is 2.39. The summed E-state index contributed by atoms with van der Waals surface area (Å²) in [5, 5.41) is 15.3. The number of aryl methyl sites for hydroxylation is 1. The number of benzene rings is 2. The molecule has 32 heavy (non-hydrogen) atoms. The molecule has 5 nitrogen and oxygen atoms in total. The molecule has 0 aliphatic rings. The van der Waals surface area contributed by atoms with Crippen LogP contribution < -0.4 is 5.32 Å². The van der Waals surface area contributed by atoms with Crippen LogP contribution in [0.2, 0.25) is 5.02 Å². The van der Waals surface area contributed by atoms with Crippen LogP contribution in [0.3, 0.4) is 0 Å². The molecule has 0 unspecified atom stereocenters. The Bertz CT molecular complexity index is 1250. The van der Waals surface area contributed by atoms with Gasteiger partial charge in [-0.25, -0.2) is 0 Å². The molecule has 0 saturated carbocycles. The molecule has 0 spiro atoms. The molecular formula is C24H23ClN4OS2. The second kappa shape index (κ2) is 9.90. The molecule has 1 amide bonds. The fraction of sp³-hybridized carbons (Fsp3) is 0.208. The number of thioether (sulfide) groups is 1. The van der Waals surface area contributed by atoms with Gasteiger partial charge in [-0.3, -0.25) is 4.79 Å². The normalized spacial score (nSPS) is 11.0. The van der Waals surface area contributed by atoms with E-state index in [-0.39, 0.29) is 11.7 Å². The molecule has 164 valence electrons. The predicted molar refractivity (Wildman–Crippen MR) is 135 cm³/mol. The lowest BCUT2D eigenvalue weighted by Gasteiger charge is -2.10. The molecule has 0 aliphatic heterocycles. The number of rotatable bonds is 7. The highest BCUT2D eigenvalue weighted by atomic mass is 35.5. The smallest absolute Gasteiger partial charge is 0.234 e. The summed E-state index contributed by atoms with van der Waals surface area (Å²) in [6.07, 6.45) is 0. The van der Waals surface area contributed by atoms with E-state index in [1.165, 1.54) is 22.2 Å². The summed E-state index contributed by atoms with van der Waals surface area (Å²) in [7, 11) is 0. The molecule has 4 rings (SSSR count). The summed E-state index contributed by atoms with van der Waals surface area (Å²) in [5.41, 5.74) is 4.99. The number of nitrogens with zero attached hydrogens (tertiary/aromatic N) is 3. The minimum absolute atomic E-state index is 0.107. The van der Waals surface area contributed by atoms with Gasteiger partial charge in [0.2, 0.25) is 5.91 Å².